The number of hydrogen-bond donors (Lipinski definition) is 2. The van der Waals surface area contributed by atoms with Crippen LogP contribution in [0.15, 0.2) is 12.4 Å². The van der Waals surface area contributed by atoms with Crippen LogP contribution in [0.25, 0.3) is 0 Å². The fraction of sp³-hybridized carbons (Fsp3) is 0.714. The lowest BCUT2D eigenvalue weighted by molar-refractivity contribution is -0.132. The highest BCUT2D eigenvalue weighted by molar-refractivity contribution is 6.30. The molecule has 0 spiro atoms. The second kappa shape index (κ2) is 6.55. The van der Waals surface area contributed by atoms with Crippen LogP contribution in [-0.4, -0.2) is 34.3 Å². The highest BCUT2D eigenvalue weighted by Gasteiger charge is 2.54. The van der Waals surface area contributed by atoms with E-state index in [-0.39, 0.29) is 23.7 Å². The first-order valence-electron chi connectivity index (χ1n) is 7.36. The molecular formula is C14H22Cl2N4O. The van der Waals surface area contributed by atoms with Crippen molar-refractivity contribution in [2.75, 3.05) is 6.54 Å². The molecule has 2 N–H and O–H groups in total. The minimum atomic E-state index is -0.204. The maximum atomic E-state index is 12.6. The van der Waals surface area contributed by atoms with E-state index in [9.17, 15) is 4.79 Å². The first kappa shape index (κ1) is 16.6. The van der Waals surface area contributed by atoms with Gasteiger partial charge in [-0.25, -0.2) is 0 Å². The first-order chi connectivity index (χ1) is 9.64. The monoisotopic (exact) mass is 332 g/mol. The molecule has 1 aromatic heterocycles. The van der Waals surface area contributed by atoms with Crippen LogP contribution in [0.3, 0.4) is 0 Å². The van der Waals surface area contributed by atoms with E-state index in [1.807, 2.05) is 0 Å². The molecule has 3 atom stereocenters. The van der Waals surface area contributed by atoms with Crippen LogP contribution < -0.4 is 10.6 Å². The molecule has 0 saturated carbocycles. The number of rotatable bonds is 5. The molecule has 2 fully saturated rings. The standard InChI is InChI=1S/C14H21ClN4O.ClH/c1-2-14(7-11-3-4-12(14)18-11)13(20)16-5-6-19-9-10(15)8-17-19;/h8-9,11-12,18H,2-7H2,1H3,(H,16,20);1H/t11-,12+,14+;/m0./s1. The smallest absolute Gasteiger partial charge is 0.227 e. The van der Waals surface area contributed by atoms with Gasteiger partial charge in [-0.1, -0.05) is 18.5 Å². The Hall–Kier alpha value is -0.780. The quantitative estimate of drug-likeness (QED) is 0.866. The molecule has 7 heteroatoms. The summed E-state index contributed by atoms with van der Waals surface area (Å²) in [6.07, 6.45) is 7.60. The Morgan fingerprint density at radius 3 is 2.95 bits per heavy atom. The van der Waals surface area contributed by atoms with Gasteiger partial charge in [-0.15, -0.1) is 12.4 Å². The highest BCUT2D eigenvalue weighted by atomic mass is 35.5. The molecule has 0 radical (unpaired) electrons. The third-order valence-electron chi connectivity index (χ3n) is 4.83. The Labute approximate surface area is 136 Å². The zero-order valence-corrected chi connectivity index (χ0v) is 13.7. The molecule has 118 valence electrons. The molecule has 21 heavy (non-hydrogen) atoms. The maximum Gasteiger partial charge on any atom is 0.227 e. The van der Waals surface area contributed by atoms with Gasteiger partial charge in [0.15, 0.2) is 0 Å². The van der Waals surface area contributed by atoms with Crippen LogP contribution in [0, 0.1) is 5.41 Å². The SMILES string of the molecule is CC[C@@]1(C(=O)NCCn2cc(Cl)cn2)C[C@@H]2CC[C@H]1N2.Cl. The zero-order chi connectivity index (χ0) is 14.2. The van der Waals surface area contributed by atoms with E-state index in [1.54, 1.807) is 17.1 Å². The number of amides is 1. The predicted octanol–water partition coefficient (Wildman–Crippen LogP) is 2.00. The lowest BCUT2D eigenvalue weighted by atomic mass is 9.71. The van der Waals surface area contributed by atoms with Crippen molar-refractivity contribution in [2.24, 2.45) is 5.41 Å². The van der Waals surface area contributed by atoms with E-state index in [4.69, 9.17) is 11.6 Å². The van der Waals surface area contributed by atoms with Gasteiger partial charge in [-0.2, -0.15) is 5.10 Å². The van der Waals surface area contributed by atoms with E-state index < -0.39 is 0 Å². The normalized spacial score (nSPS) is 30.2. The summed E-state index contributed by atoms with van der Waals surface area (Å²) in [6, 6.07) is 0.896. The summed E-state index contributed by atoms with van der Waals surface area (Å²) < 4.78 is 1.75. The van der Waals surface area contributed by atoms with E-state index in [2.05, 4.69) is 22.7 Å². The van der Waals surface area contributed by atoms with Crippen LogP contribution in [0.5, 0.6) is 0 Å². The zero-order valence-electron chi connectivity index (χ0n) is 12.1. The summed E-state index contributed by atoms with van der Waals surface area (Å²) in [5.74, 6) is 0.193. The summed E-state index contributed by atoms with van der Waals surface area (Å²) in [7, 11) is 0. The van der Waals surface area contributed by atoms with Gasteiger partial charge in [0.25, 0.3) is 0 Å². The van der Waals surface area contributed by atoms with Gasteiger partial charge < -0.3 is 10.6 Å². The van der Waals surface area contributed by atoms with Crippen molar-refractivity contribution in [1.82, 2.24) is 20.4 Å². The van der Waals surface area contributed by atoms with Crippen molar-refractivity contribution in [3.8, 4) is 0 Å². The summed E-state index contributed by atoms with van der Waals surface area (Å²) >= 11 is 5.81. The topological polar surface area (TPSA) is 59.0 Å². The Balaban J connectivity index is 0.00000161. The van der Waals surface area contributed by atoms with Gasteiger partial charge in [-0.05, 0) is 25.7 Å². The summed E-state index contributed by atoms with van der Waals surface area (Å²) in [6.45, 7) is 3.37. The highest BCUT2D eigenvalue weighted by Crippen LogP contribution is 2.45. The van der Waals surface area contributed by atoms with E-state index in [0.717, 1.165) is 19.3 Å². The fourth-order valence-electron chi connectivity index (χ4n) is 3.72. The molecule has 3 heterocycles. The number of aromatic nitrogens is 2. The second-order valence-electron chi connectivity index (χ2n) is 5.88. The Morgan fingerprint density at radius 2 is 2.43 bits per heavy atom. The molecule has 2 bridgehead atoms. The van der Waals surface area contributed by atoms with Gasteiger partial charge in [0.2, 0.25) is 5.91 Å². The van der Waals surface area contributed by atoms with Crippen molar-refractivity contribution in [3.05, 3.63) is 17.4 Å². The minimum Gasteiger partial charge on any atom is -0.354 e. The van der Waals surface area contributed by atoms with Gasteiger partial charge in [0, 0.05) is 24.8 Å². The third kappa shape index (κ3) is 3.05. The molecule has 3 rings (SSSR count). The fourth-order valence-corrected chi connectivity index (χ4v) is 3.88. The van der Waals surface area contributed by atoms with Crippen LogP contribution in [0.1, 0.15) is 32.6 Å². The predicted molar refractivity (Wildman–Crippen MR) is 84.8 cm³/mol. The third-order valence-corrected chi connectivity index (χ3v) is 5.02. The number of carbonyl (C=O) groups is 1. The van der Waals surface area contributed by atoms with Crippen LogP contribution in [0.2, 0.25) is 5.02 Å². The molecule has 0 unspecified atom stereocenters. The lowest BCUT2D eigenvalue weighted by Gasteiger charge is -2.34. The first-order valence-corrected chi connectivity index (χ1v) is 7.74. The lowest BCUT2D eigenvalue weighted by Crippen LogP contribution is -2.48. The molecule has 1 aromatic rings. The average Bonchev–Trinajstić information content (AvgIpc) is 3.14. The summed E-state index contributed by atoms with van der Waals surface area (Å²) in [5.41, 5.74) is -0.204. The van der Waals surface area contributed by atoms with Crippen LogP contribution >= 0.6 is 24.0 Å². The molecule has 1 amide bonds. The summed E-state index contributed by atoms with van der Waals surface area (Å²) in [5, 5.41) is 11.4. The minimum absolute atomic E-state index is 0. The van der Waals surface area contributed by atoms with Gasteiger partial charge >= 0.3 is 0 Å². The number of nitrogens with zero attached hydrogens (tertiary/aromatic N) is 2. The number of fused-ring (bicyclic) bond motifs is 2. The molecule has 0 aromatic carbocycles. The van der Waals surface area contributed by atoms with E-state index in [1.165, 1.54) is 6.42 Å². The van der Waals surface area contributed by atoms with Crippen molar-refractivity contribution < 1.29 is 4.79 Å². The number of carbonyl (C=O) groups excluding carboxylic acids is 1. The number of halogens is 2. The molecule has 2 aliphatic heterocycles. The van der Waals surface area contributed by atoms with Gasteiger partial charge in [-0.3, -0.25) is 9.48 Å². The molecule has 5 nitrogen and oxygen atoms in total. The van der Waals surface area contributed by atoms with Crippen LogP contribution in [0.4, 0.5) is 0 Å². The maximum absolute atomic E-state index is 12.6. The number of nitrogens with one attached hydrogen (secondary N) is 2. The Morgan fingerprint density at radius 1 is 1.62 bits per heavy atom. The van der Waals surface area contributed by atoms with Crippen molar-refractivity contribution >= 4 is 29.9 Å². The van der Waals surface area contributed by atoms with Crippen molar-refractivity contribution in [1.29, 1.82) is 0 Å². The largest absolute Gasteiger partial charge is 0.354 e. The van der Waals surface area contributed by atoms with Gasteiger partial charge in [0.05, 0.1) is 23.2 Å². The number of hydrogen-bond acceptors (Lipinski definition) is 3. The Bertz CT molecular complexity index is 507. The van der Waals surface area contributed by atoms with Crippen molar-refractivity contribution in [3.63, 3.8) is 0 Å². The second-order valence-corrected chi connectivity index (χ2v) is 6.32. The molecule has 0 aliphatic carbocycles. The molecule has 2 aliphatic rings. The Kier molecular flexibility index (Phi) is 5.17. The van der Waals surface area contributed by atoms with Crippen molar-refractivity contribution in [2.45, 2.75) is 51.2 Å². The molecular weight excluding hydrogens is 311 g/mol. The van der Waals surface area contributed by atoms with Crippen LogP contribution in [-0.2, 0) is 11.3 Å². The van der Waals surface area contributed by atoms with E-state index in [0.29, 0.717) is 30.2 Å². The van der Waals surface area contributed by atoms with Gasteiger partial charge in [0.1, 0.15) is 0 Å². The van der Waals surface area contributed by atoms with E-state index >= 15 is 0 Å². The summed E-state index contributed by atoms with van der Waals surface area (Å²) in [4.78, 5) is 12.6. The average molecular weight is 333 g/mol. The molecule has 2 saturated heterocycles.